The summed E-state index contributed by atoms with van der Waals surface area (Å²) in [6.45, 7) is 5.64. The minimum absolute atomic E-state index is 0.0305. The molecule has 1 saturated heterocycles. The van der Waals surface area contributed by atoms with Crippen LogP contribution < -0.4 is 9.47 Å². The molecule has 1 fully saturated rings. The fourth-order valence-corrected chi connectivity index (χ4v) is 4.42. The van der Waals surface area contributed by atoms with Crippen LogP contribution in [0.4, 0.5) is 0 Å². The monoisotopic (exact) mass is 449 g/mol. The molecule has 1 amide bonds. The maximum Gasteiger partial charge on any atom is 0.308 e. The normalized spacial score (nSPS) is 21.1. The van der Waals surface area contributed by atoms with Gasteiger partial charge in [-0.1, -0.05) is 25.5 Å². The molecule has 7 heteroatoms. The number of hydrogen-bond donors (Lipinski definition) is 1. The average Bonchev–Trinajstić information content (AvgIpc) is 3.27. The summed E-state index contributed by atoms with van der Waals surface area (Å²) >= 11 is 0. The molecule has 0 radical (unpaired) electrons. The zero-order valence-electron chi connectivity index (χ0n) is 19.0. The maximum absolute atomic E-state index is 13.1. The number of carbonyl (C=O) groups excluding carboxylic acids is 3. The first-order valence-electron chi connectivity index (χ1n) is 11.2. The summed E-state index contributed by atoms with van der Waals surface area (Å²) in [6, 6.07) is 11.2. The van der Waals surface area contributed by atoms with Crippen molar-refractivity contribution in [2.75, 3.05) is 6.54 Å². The molecule has 2 aromatic rings. The van der Waals surface area contributed by atoms with Crippen LogP contribution in [0.15, 0.2) is 48.0 Å². The van der Waals surface area contributed by atoms with E-state index in [4.69, 9.17) is 9.47 Å². The van der Waals surface area contributed by atoms with Crippen molar-refractivity contribution >= 4 is 23.4 Å². The summed E-state index contributed by atoms with van der Waals surface area (Å²) < 4.78 is 10.9. The van der Waals surface area contributed by atoms with E-state index in [1.807, 2.05) is 13.8 Å². The number of aliphatic hydroxyl groups excluding tert-OH is 1. The molecule has 0 aliphatic carbocycles. The van der Waals surface area contributed by atoms with E-state index in [9.17, 15) is 19.5 Å². The Morgan fingerprint density at radius 3 is 2.73 bits per heavy atom. The molecule has 0 spiro atoms. The smallest absolute Gasteiger partial charge is 0.308 e. The van der Waals surface area contributed by atoms with Gasteiger partial charge in [0.15, 0.2) is 0 Å². The van der Waals surface area contributed by atoms with Crippen molar-refractivity contribution in [3.05, 3.63) is 64.7 Å². The Kier molecular flexibility index (Phi) is 6.22. The second-order valence-electron chi connectivity index (χ2n) is 8.47. The van der Waals surface area contributed by atoms with Gasteiger partial charge in [-0.3, -0.25) is 14.4 Å². The number of amides is 1. The number of ether oxygens (including phenoxy) is 2. The maximum atomic E-state index is 13.1. The number of ketones is 1. The van der Waals surface area contributed by atoms with Crippen LogP contribution in [0.1, 0.15) is 56.3 Å². The van der Waals surface area contributed by atoms with E-state index >= 15 is 0 Å². The second kappa shape index (κ2) is 9.10. The largest absolute Gasteiger partial charge is 0.507 e. The first-order valence-corrected chi connectivity index (χ1v) is 11.2. The molecule has 0 bridgehead atoms. The Hall–Kier alpha value is -3.61. The van der Waals surface area contributed by atoms with Crippen LogP contribution in [0.3, 0.4) is 0 Å². The third kappa shape index (κ3) is 4.35. The number of esters is 1. The molecule has 2 aliphatic rings. The van der Waals surface area contributed by atoms with Crippen LogP contribution in [0.2, 0.25) is 0 Å². The third-order valence-corrected chi connectivity index (χ3v) is 5.90. The molecule has 2 heterocycles. The number of Topliss-reactive ketones (excluding diaryl/α,β-unsaturated/α-hetero) is 1. The molecule has 172 valence electrons. The summed E-state index contributed by atoms with van der Waals surface area (Å²) in [7, 11) is 0. The highest BCUT2D eigenvalue weighted by Crippen LogP contribution is 2.41. The van der Waals surface area contributed by atoms with Gasteiger partial charge in [0, 0.05) is 25.5 Å². The molecular formula is C26H27NO6. The number of carbonyl (C=O) groups is 3. The van der Waals surface area contributed by atoms with Crippen LogP contribution in [0, 0.1) is 0 Å². The lowest BCUT2D eigenvalue weighted by Crippen LogP contribution is -2.30. The van der Waals surface area contributed by atoms with Gasteiger partial charge in [0.2, 0.25) is 0 Å². The van der Waals surface area contributed by atoms with Gasteiger partial charge in [-0.05, 0) is 54.8 Å². The number of likely N-dealkylation sites (tertiary alicyclic amines) is 1. The lowest BCUT2D eigenvalue weighted by atomic mass is 9.94. The van der Waals surface area contributed by atoms with E-state index in [1.165, 1.54) is 11.8 Å². The number of aliphatic hydroxyl groups is 1. The van der Waals surface area contributed by atoms with Gasteiger partial charge in [0.25, 0.3) is 11.7 Å². The van der Waals surface area contributed by atoms with Crippen molar-refractivity contribution in [1.82, 2.24) is 4.90 Å². The predicted molar refractivity (Wildman–Crippen MR) is 122 cm³/mol. The number of rotatable bonds is 6. The summed E-state index contributed by atoms with van der Waals surface area (Å²) in [5.41, 5.74) is 2.02. The lowest BCUT2D eigenvalue weighted by Gasteiger charge is -2.25. The van der Waals surface area contributed by atoms with Crippen LogP contribution in [-0.4, -0.2) is 40.3 Å². The molecule has 0 aromatic heterocycles. The lowest BCUT2D eigenvalue weighted by molar-refractivity contribution is -0.139. The number of unbranched alkanes of at least 4 members (excludes halogenated alkanes) is 1. The Bertz CT molecular complexity index is 1150. The SMILES string of the molecule is CCCCN1C(=O)C(=O)/C(=C(\O)c2ccc3c(c2)CC(C)O3)C1c1cccc(OC(C)=O)c1. The third-order valence-electron chi connectivity index (χ3n) is 5.90. The molecule has 0 saturated carbocycles. The summed E-state index contributed by atoms with van der Waals surface area (Å²) in [4.78, 5) is 39.0. The highest BCUT2D eigenvalue weighted by atomic mass is 16.5. The van der Waals surface area contributed by atoms with Gasteiger partial charge in [-0.25, -0.2) is 0 Å². The molecule has 4 rings (SSSR count). The molecule has 7 nitrogen and oxygen atoms in total. The van der Waals surface area contributed by atoms with Crippen LogP contribution in [-0.2, 0) is 20.8 Å². The van der Waals surface area contributed by atoms with E-state index in [0.29, 0.717) is 36.3 Å². The van der Waals surface area contributed by atoms with Crippen LogP contribution >= 0.6 is 0 Å². The highest BCUT2D eigenvalue weighted by Gasteiger charge is 2.46. The standard InChI is InChI=1S/C26H27NO6/c1-4-5-11-27-23(17-7-6-8-20(14-17)33-16(3)28)22(25(30)26(27)31)24(29)18-9-10-21-19(13-18)12-15(2)32-21/h6-10,13-15,23,29H,4-5,11-12H2,1-3H3/b24-22-. The van der Waals surface area contributed by atoms with E-state index in [1.54, 1.807) is 42.5 Å². The highest BCUT2D eigenvalue weighted by molar-refractivity contribution is 6.46. The van der Waals surface area contributed by atoms with Gasteiger partial charge in [-0.15, -0.1) is 0 Å². The van der Waals surface area contributed by atoms with Gasteiger partial charge in [0.05, 0.1) is 11.6 Å². The zero-order chi connectivity index (χ0) is 23.7. The molecule has 2 aromatic carbocycles. The van der Waals surface area contributed by atoms with Crippen molar-refractivity contribution < 1.29 is 29.0 Å². The predicted octanol–water partition coefficient (Wildman–Crippen LogP) is 4.16. The topological polar surface area (TPSA) is 93.1 Å². The average molecular weight is 450 g/mol. The molecule has 2 atom stereocenters. The fraction of sp³-hybridized carbons (Fsp3) is 0.346. The Morgan fingerprint density at radius 2 is 2.00 bits per heavy atom. The first-order chi connectivity index (χ1) is 15.8. The van der Waals surface area contributed by atoms with E-state index in [2.05, 4.69) is 0 Å². The summed E-state index contributed by atoms with van der Waals surface area (Å²) in [6.07, 6.45) is 2.30. The molecule has 2 aliphatic heterocycles. The van der Waals surface area contributed by atoms with Gasteiger partial charge in [-0.2, -0.15) is 0 Å². The van der Waals surface area contributed by atoms with E-state index in [0.717, 1.165) is 17.7 Å². The van der Waals surface area contributed by atoms with E-state index in [-0.39, 0.29) is 17.4 Å². The minimum atomic E-state index is -0.782. The van der Waals surface area contributed by atoms with Crippen molar-refractivity contribution in [3.63, 3.8) is 0 Å². The number of nitrogens with zero attached hydrogens (tertiary/aromatic N) is 1. The molecule has 33 heavy (non-hydrogen) atoms. The molecule has 2 unspecified atom stereocenters. The van der Waals surface area contributed by atoms with Crippen molar-refractivity contribution in [2.45, 2.75) is 52.2 Å². The quantitative estimate of drug-likeness (QED) is 0.234. The first kappa shape index (κ1) is 22.6. The van der Waals surface area contributed by atoms with Crippen molar-refractivity contribution in [1.29, 1.82) is 0 Å². The van der Waals surface area contributed by atoms with Crippen molar-refractivity contribution in [3.8, 4) is 11.5 Å². The number of benzene rings is 2. The van der Waals surface area contributed by atoms with Crippen LogP contribution in [0.25, 0.3) is 5.76 Å². The summed E-state index contributed by atoms with van der Waals surface area (Å²) in [5, 5.41) is 11.2. The van der Waals surface area contributed by atoms with Crippen molar-refractivity contribution in [2.24, 2.45) is 0 Å². The zero-order valence-corrected chi connectivity index (χ0v) is 19.0. The van der Waals surface area contributed by atoms with Gasteiger partial charge in [0.1, 0.15) is 23.4 Å². The van der Waals surface area contributed by atoms with E-state index < -0.39 is 23.7 Å². The van der Waals surface area contributed by atoms with Gasteiger partial charge >= 0.3 is 5.97 Å². The molecular weight excluding hydrogens is 422 g/mol. The molecule has 1 N–H and O–H groups in total. The van der Waals surface area contributed by atoms with Gasteiger partial charge < -0.3 is 19.5 Å². The van der Waals surface area contributed by atoms with Crippen LogP contribution in [0.5, 0.6) is 11.5 Å². The number of fused-ring (bicyclic) bond motifs is 1. The summed E-state index contributed by atoms with van der Waals surface area (Å²) in [5.74, 6) is -1.00. The number of hydrogen-bond acceptors (Lipinski definition) is 6. The minimum Gasteiger partial charge on any atom is -0.507 e. The second-order valence-corrected chi connectivity index (χ2v) is 8.47. The fourth-order valence-electron chi connectivity index (χ4n) is 4.42. The Morgan fingerprint density at radius 1 is 1.21 bits per heavy atom. The Labute approximate surface area is 192 Å². The Balaban J connectivity index is 1.82.